The molecule has 0 unspecified atom stereocenters. The van der Waals surface area contributed by atoms with Crippen molar-refractivity contribution in [3.8, 4) is 0 Å². The molecule has 0 radical (unpaired) electrons. The molecule has 0 atom stereocenters. The number of carboxylic acid groups (broad SMARTS) is 1. The molecular formula is C10H11ClFNO2. The van der Waals surface area contributed by atoms with E-state index in [0.29, 0.717) is 17.0 Å². The lowest BCUT2D eigenvalue weighted by Gasteiger charge is -2.12. The smallest absolute Gasteiger partial charge is 0.407 e. The van der Waals surface area contributed by atoms with E-state index in [-0.39, 0.29) is 12.4 Å². The molecule has 15 heavy (non-hydrogen) atoms. The highest BCUT2D eigenvalue weighted by Crippen LogP contribution is 2.15. The van der Waals surface area contributed by atoms with E-state index in [1.54, 1.807) is 0 Å². The molecule has 1 aromatic carbocycles. The Bertz CT molecular complexity index is 370. The first-order valence-electron chi connectivity index (χ1n) is 4.38. The van der Waals surface area contributed by atoms with Crippen LogP contribution in [0.3, 0.4) is 0 Å². The van der Waals surface area contributed by atoms with E-state index >= 15 is 0 Å². The van der Waals surface area contributed by atoms with Gasteiger partial charge in [0.25, 0.3) is 0 Å². The van der Waals surface area contributed by atoms with Crippen LogP contribution in [-0.4, -0.2) is 29.7 Å². The molecule has 1 N–H and O–H groups in total. The van der Waals surface area contributed by atoms with Gasteiger partial charge < -0.3 is 10.0 Å². The quantitative estimate of drug-likeness (QED) is 0.869. The van der Waals surface area contributed by atoms with E-state index < -0.39 is 6.09 Å². The fraction of sp³-hybridized carbons (Fsp3) is 0.300. The molecule has 1 rings (SSSR count). The second-order valence-corrected chi connectivity index (χ2v) is 3.63. The minimum absolute atomic E-state index is 0.243. The standard InChI is InChI=1S/C10H11ClFNO2/c1-13(10(14)15)5-4-7-6-8(11)2-3-9(7)12/h2-3,6H,4-5H2,1H3,(H,14,15). The van der Waals surface area contributed by atoms with Crippen LogP contribution in [0.1, 0.15) is 5.56 Å². The van der Waals surface area contributed by atoms with E-state index in [4.69, 9.17) is 16.7 Å². The predicted octanol–water partition coefficient (Wildman–Crippen LogP) is 2.63. The summed E-state index contributed by atoms with van der Waals surface area (Å²) in [4.78, 5) is 11.6. The average Bonchev–Trinajstić information content (AvgIpc) is 2.18. The summed E-state index contributed by atoms with van der Waals surface area (Å²) in [5.41, 5.74) is 0.426. The zero-order chi connectivity index (χ0) is 11.4. The van der Waals surface area contributed by atoms with Crippen LogP contribution in [0, 0.1) is 5.82 Å². The van der Waals surface area contributed by atoms with Crippen molar-refractivity contribution < 1.29 is 14.3 Å². The van der Waals surface area contributed by atoms with E-state index in [9.17, 15) is 9.18 Å². The van der Waals surface area contributed by atoms with E-state index in [1.165, 1.54) is 25.2 Å². The molecule has 0 aliphatic rings. The van der Waals surface area contributed by atoms with Gasteiger partial charge in [-0.3, -0.25) is 0 Å². The average molecular weight is 232 g/mol. The highest BCUT2D eigenvalue weighted by atomic mass is 35.5. The number of amides is 1. The molecule has 0 fully saturated rings. The van der Waals surface area contributed by atoms with Crippen LogP contribution in [0.25, 0.3) is 0 Å². The van der Waals surface area contributed by atoms with Crippen LogP contribution < -0.4 is 0 Å². The van der Waals surface area contributed by atoms with Gasteiger partial charge in [0, 0.05) is 18.6 Å². The predicted molar refractivity (Wildman–Crippen MR) is 55.8 cm³/mol. The molecule has 5 heteroatoms. The third-order valence-corrected chi connectivity index (χ3v) is 2.29. The molecule has 1 amide bonds. The van der Waals surface area contributed by atoms with Gasteiger partial charge >= 0.3 is 6.09 Å². The van der Waals surface area contributed by atoms with Crippen LogP contribution in [0.5, 0.6) is 0 Å². The molecule has 0 saturated heterocycles. The van der Waals surface area contributed by atoms with E-state index in [1.807, 2.05) is 0 Å². The van der Waals surface area contributed by atoms with Gasteiger partial charge in [0.05, 0.1) is 0 Å². The zero-order valence-corrected chi connectivity index (χ0v) is 8.96. The Kier molecular flexibility index (Phi) is 3.91. The SMILES string of the molecule is CN(CCc1cc(Cl)ccc1F)C(=O)O. The van der Waals surface area contributed by atoms with Gasteiger partial charge in [-0.2, -0.15) is 0 Å². The fourth-order valence-electron chi connectivity index (χ4n) is 1.12. The first kappa shape index (κ1) is 11.8. The number of benzene rings is 1. The molecule has 0 bridgehead atoms. The lowest BCUT2D eigenvalue weighted by molar-refractivity contribution is 0.156. The summed E-state index contributed by atoms with van der Waals surface area (Å²) in [7, 11) is 1.44. The monoisotopic (exact) mass is 231 g/mol. The summed E-state index contributed by atoms with van der Waals surface area (Å²) in [5, 5.41) is 9.04. The topological polar surface area (TPSA) is 40.5 Å². The molecule has 0 spiro atoms. The number of likely N-dealkylation sites (N-methyl/N-ethyl adjacent to an activating group) is 1. The fourth-order valence-corrected chi connectivity index (χ4v) is 1.31. The molecular weight excluding hydrogens is 221 g/mol. The summed E-state index contributed by atoms with van der Waals surface area (Å²) in [5.74, 6) is -0.363. The van der Waals surface area contributed by atoms with Gasteiger partial charge in [-0.25, -0.2) is 9.18 Å². The minimum atomic E-state index is -1.03. The number of halogens is 2. The van der Waals surface area contributed by atoms with Gasteiger partial charge in [-0.05, 0) is 30.2 Å². The largest absolute Gasteiger partial charge is 0.465 e. The minimum Gasteiger partial charge on any atom is -0.465 e. The Labute approximate surface area is 92.1 Å². The van der Waals surface area contributed by atoms with Crippen molar-refractivity contribution in [2.24, 2.45) is 0 Å². The maximum absolute atomic E-state index is 13.2. The molecule has 3 nitrogen and oxygen atoms in total. The molecule has 0 saturated carbocycles. The van der Waals surface area contributed by atoms with Crippen molar-refractivity contribution in [3.63, 3.8) is 0 Å². The highest BCUT2D eigenvalue weighted by molar-refractivity contribution is 6.30. The lowest BCUT2D eigenvalue weighted by atomic mass is 10.1. The number of rotatable bonds is 3. The zero-order valence-electron chi connectivity index (χ0n) is 8.20. The number of carbonyl (C=O) groups is 1. The maximum Gasteiger partial charge on any atom is 0.407 e. The van der Waals surface area contributed by atoms with Crippen molar-refractivity contribution in [3.05, 3.63) is 34.6 Å². The van der Waals surface area contributed by atoms with Crippen molar-refractivity contribution in [2.75, 3.05) is 13.6 Å². The second-order valence-electron chi connectivity index (χ2n) is 3.19. The maximum atomic E-state index is 13.2. The second kappa shape index (κ2) is 4.98. The Balaban J connectivity index is 2.65. The van der Waals surface area contributed by atoms with Crippen molar-refractivity contribution in [1.29, 1.82) is 0 Å². The van der Waals surface area contributed by atoms with Crippen molar-refractivity contribution >= 4 is 17.7 Å². The highest BCUT2D eigenvalue weighted by Gasteiger charge is 2.08. The van der Waals surface area contributed by atoms with Crippen LogP contribution >= 0.6 is 11.6 Å². The summed E-state index contributed by atoms with van der Waals surface area (Å²) < 4.78 is 13.2. The van der Waals surface area contributed by atoms with E-state index in [2.05, 4.69) is 0 Å². The van der Waals surface area contributed by atoms with Crippen LogP contribution in [0.15, 0.2) is 18.2 Å². The molecule has 82 valence electrons. The molecule has 1 aromatic rings. The van der Waals surface area contributed by atoms with Crippen LogP contribution in [-0.2, 0) is 6.42 Å². The molecule has 0 aromatic heterocycles. The first-order valence-corrected chi connectivity index (χ1v) is 4.76. The third-order valence-electron chi connectivity index (χ3n) is 2.05. The molecule has 0 heterocycles. The summed E-state index contributed by atoms with van der Waals surface area (Å²) >= 11 is 5.70. The number of hydrogen-bond donors (Lipinski definition) is 1. The lowest BCUT2D eigenvalue weighted by Crippen LogP contribution is -2.27. The van der Waals surface area contributed by atoms with Crippen molar-refractivity contribution in [1.82, 2.24) is 4.90 Å². The Morgan fingerprint density at radius 1 is 1.60 bits per heavy atom. The van der Waals surface area contributed by atoms with Gasteiger partial charge in [-0.15, -0.1) is 0 Å². The van der Waals surface area contributed by atoms with Crippen LogP contribution in [0.2, 0.25) is 5.02 Å². The molecule has 0 aliphatic heterocycles. The molecule has 0 aliphatic carbocycles. The van der Waals surface area contributed by atoms with E-state index in [0.717, 1.165) is 4.90 Å². The van der Waals surface area contributed by atoms with Crippen molar-refractivity contribution in [2.45, 2.75) is 6.42 Å². The number of hydrogen-bond acceptors (Lipinski definition) is 1. The Morgan fingerprint density at radius 2 is 2.27 bits per heavy atom. The Morgan fingerprint density at radius 3 is 2.87 bits per heavy atom. The summed E-state index contributed by atoms with van der Waals surface area (Å²) in [6.07, 6.45) is -0.715. The van der Waals surface area contributed by atoms with Gasteiger partial charge in [-0.1, -0.05) is 11.6 Å². The van der Waals surface area contributed by atoms with Gasteiger partial charge in [0.1, 0.15) is 5.82 Å². The first-order chi connectivity index (χ1) is 7.00. The normalized spacial score (nSPS) is 10.1. The summed E-state index contributed by atoms with van der Waals surface area (Å²) in [6.45, 7) is 0.243. The number of nitrogens with zero attached hydrogens (tertiary/aromatic N) is 1. The summed E-state index contributed by atoms with van der Waals surface area (Å²) in [6, 6.07) is 4.24. The van der Waals surface area contributed by atoms with Crippen LogP contribution in [0.4, 0.5) is 9.18 Å². The third kappa shape index (κ3) is 3.40. The van der Waals surface area contributed by atoms with Gasteiger partial charge in [0.2, 0.25) is 0 Å². The van der Waals surface area contributed by atoms with Gasteiger partial charge in [0.15, 0.2) is 0 Å². The Hall–Kier alpha value is -1.29.